The number of hydrogen-bond acceptors (Lipinski definition) is 3. The Balaban J connectivity index is 1.66. The van der Waals surface area contributed by atoms with E-state index in [1.807, 2.05) is 24.3 Å². The van der Waals surface area contributed by atoms with E-state index >= 15 is 0 Å². The number of amides is 1. The fourth-order valence-electron chi connectivity index (χ4n) is 3.19. The molecule has 0 aliphatic heterocycles. The van der Waals surface area contributed by atoms with Crippen molar-refractivity contribution in [1.29, 1.82) is 0 Å². The number of carbonyl (C=O) groups excluding carboxylic acids is 1. The summed E-state index contributed by atoms with van der Waals surface area (Å²) in [7, 11) is 0. The van der Waals surface area contributed by atoms with Gasteiger partial charge in [0.1, 0.15) is 0 Å². The first-order chi connectivity index (χ1) is 13.3. The van der Waals surface area contributed by atoms with Gasteiger partial charge in [-0.3, -0.25) is 14.2 Å². The second-order valence-corrected chi connectivity index (χ2v) is 8.10. The second-order valence-electron chi connectivity index (χ2n) is 7.71. The average Bonchev–Trinajstić information content (AvgIpc) is 2.66. The minimum atomic E-state index is -0.182. The van der Waals surface area contributed by atoms with E-state index in [1.165, 1.54) is 15.7 Å². The van der Waals surface area contributed by atoms with Gasteiger partial charge in [0.2, 0.25) is 5.91 Å². The lowest BCUT2D eigenvalue weighted by atomic mass is 9.84. The lowest BCUT2D eigenvalue weighted by Gasteiger charge is -2.26. The van der Waals surface area contributed by atoms with E-state index in [-0.39, 0.29) is 29.8 Å². The van der Waals surface area contributed by atoms with Crippen molar-refractivity contribution in [1.82, 2.24) is 14.9 Å². The van der Waals surface area contributed by atoms with Gasteiger partial charge in [-0.05, 0) is 36.8 Å². The van der Waals surface area contributed by atoms with E-state index < -0.39 is 0 Å². The van der Waals surface area contributed by atoms with Gasteiger partial charge in [-0.1, -0.05) is 55.8 Å². The van der Waals surface area contributed by atoms with E-state index in [1.54, 1.807) is 6.07 Å². The highest BCUT2D eigenvalue weighted by Crippen LogP contribution is 2.23. The molecule has 6 heteroatoms. The summed E-state index contributed by atoms with van der Waals surface area (Å²) in [5.41, 5.74) is 2.73. The molecule has 5 nitrogen and oxygen atoms in total. The summed E-state index contributed by atoms with van der Waals surface area (Å²) in [6.07, 6.45) is 0.194. The lowest BCUT2D eigenvalue weighted by Crippen LogP contribution is -2.37. The number of hydrogen-bond donors (Lipinski definition) is 2. The molecule has 0 saturated heterocycles. The van der Waals surface area contributed by atoms with Gasteiger partial charge >= 0.3 is 0 Å². The number of H-pyrrole nitrogens is 1. The van der Waals surface area contributed by atoms with Crippen molar-refractivity contribution in [3.8, 4) is 0 Å². The molecule has 0 atom stereocenters. The Labute approximate surface area is 169 Å². The highest BCUT2D eigenvalue weighted by molar-refractivity contribution is 7.71. The summed E-state index contributed by atoms with van der Waals surface area (Å²) in [5, 5.41) is 3.56. The molecule has 0 unspecified atom stereocenters. The molecule has 0 aliphatic carbocycles. The van der Waals surface area contributed by atoms with E-state index in [0.717, 1.165) is 0 Å². The highest BCUT2D eigenvalue weighted by Gasteiger charge is 2.21. The molecule has 28 heavy (non-hydrogen) atoms. The molecule has 2 aromatic carbocycles. The molecule has 0 radical (unpaired) electrons. The molecule has 0 aliphatic rings. The number of nitrogens with one attached hydrogen (secondary N) is 2. The number of para-hydroxylation sites is 1. The highest BCUT2D eigenvalue weighted by atomic mass is 32.1. The molecule has 1 aromatic heterocycles. The van der Waals surface area contributed by atoms with E-state index in [9.17, 15) is 9.59 Å². The van der Waals surface area contributed by atoms with Gasteiger partial charge in [-0.15, -0.1) is 0 Å². The van der Waals surface area contributed by atoms with Gasteiger partial charge < -0.3 is 10.3 Å². The summed E-state index contributed by atoms with van der Waals surface area (Å²) in [4.78, 5) is 28.1. The SMILES string of the molecule is Cc1cccc(C(C)(C)CNC(=O)CCn2c(=S)[nH]c3ccccc3c2=O)c1. The number of benzene rings is 2. The first kappa shape index (κ1) is 20.0. The molecule has 2 N–H and O–H groups in total. The van der Waals surface area contributed by atoms with Crippen LogP contribution in [0.3, 0.4) is 0 Å². The Morgan fingerprint density at radius 2 is 1.93 bits per heavy atom. The van der Waals surface area contributed by atoms with Crippen molar-refractivity contribution in [2.24, 2.45) is 0 Å². The van der Waals surface area contributed by atoms with Crippen molar-refractivity contribution in [2.45, 2.75) is 39.2 Å². The lowest BCUT2D eigenvalue weighted by molar-refractivity contribution is -0.121. The summed E-state index contributed by atoms with van der Waals surface area (Å²) in [5.74, 6) is -0.102. The normalized spacial score (nSPS) is 11.5. The predicted octanol–water partition coefficient (Wildman–Crippen LogP) is 3.85. The maximum atomic E-state index is 12.6. The van der Waals surface area contributed by atoms with Crippen LogP contribution in [0.2, 0.25) is 0 Å². The topological polar surface area (TPSA) is 66.9 Å². The zero-order valence-electron chi connectivity index (χ0n) is 16.4. The number of nitrogens with zero attached hydrogens (tertiary/aromatic N) is 1. The molecule has 0 saturated carbocycles. The molecule has 0 fully saturated rings. The Hall–Kier alpha value is -2.73. The Morgan fingerprint density at radius 3 is 2.68 bits per heavy atom. The van der Waals surface area contributed by atoms with Crippen molar-refractivity contribution in [3.63, 3.8) is 0 Å². The van der Waals surface area contributed by atoms with Crippen molar-refractivity contribution < 1.29 is 4.79 Å². The molecular weight excluding hydrogens is 370 g/mol. The first-order valence-corrected chi connectivity index (χ1v) is 9.74. The van der Waals surface area contributed by atoms with Gasteiger partial charge in [0, 0.05) is 24.9 Å². The van der Waals surface area contributed by atoms with Gasteiger partial charge in [0.15, 0.2) is 4.77 Å². The van der Waals surface area contributed by atoms with Crippen LogP contribution >= 0.6 is 12.2 Å². The number of carbonyl (C=O) groups is 1. The maximum Gasteiger partial charge on any atom is 0.262 e. The van der Waals surface area contributed by atoms with Gasteiger partial charge in [0.25, 0.3) is 5.56 Å². The number of aromatic nitrogens is 2. The fourth-order valence-corrected chi connectivity index (χ4v) is 3.48. The number of fused-ring (bicyclic) bond motifs is 1. The van der Waals surface area contributed by atoms with Gasteiger partial charge in [-0.25, -0.2) is 0 Å². The van der Waals surface area contributed by atoms with Crippen LogP contribution in [0.15, 0.2) is 53.3 Å². The maximum absolute atomic E-state index is 12.6. The minimum Gasteiger partial charge on any atom is -0.355 e. The molecule has 0 bridgehead atoms. The largest absolute Gasteiger partial charge is 0.355 e. The van der Waals surface area contributed by atoms with Crippen LogP contribution in [0.1, 0.15) is 31.4 Å². The summed E-state index contributed by atoms with van der Waals surface area (Å²) in [6.45, 7) is 7.03. The second kappa shape index (κ2) is 8.10. The molecule has 146 valence electrons. The van der Waals surface area contributed by atoms with Crippen LogP contribution in [-0.2, 0) is 16.8 Å². The van der Waals surface area contributed by atoms with Crippen LogP contribution in [0, 0.1) is 11.7 Å². The molecule has 3 rings (SSSR count). The predicted molar refractivity (Wildman–Crippen MR) is 115 cm³/mol. The van der Waals surface area contributed by atoms with Crippen molar-refractivity contribution >= 4 is 29.0 Å². The van der Waals surface area contributed by atoms with Gasteiger partial charge in [0.05, 0.1) is 10.9 Å². The summed E-state index contributed by atoms with van der Waals surface area (Å²) >= 11 is 5.29. The average molecular weight is 396 g/mol. The monoisotopic (exact) mass is 395 g/mol. The van der Waals surface area contributed by atoms with Gasteiger partial charge in [-0.2, -0.15) is 0 Å². The summed E-state index contributed by atoms with van der Waals surface area (Å²) < 4.78 is 1.78. The zero-order valence-corrected chi connectivity index (χ0v) is 17.2. The van der Waals surface area contributed by atoms with E-state index in [2.05, 4.69) is 49.3 Å². The quantitative estimate of drug-likeness (QED) is 0.623. The molecule has 3 aromatic rings. The smallest absolute Gasteiger partial charge is 0.262 e. The Morgan fingerprint density at radius 1 is 1.18 bits per heavy atom. The molecule has 1 heterocycles. The first-order valence-electron chi connectivity index (χ1n) is 9.34. The Kier molecular flexibility index (Phi) is 5.79. The van der Waals surface area contributed by atoms with E-state index in [4.69, 9.17) is 12.2 Å². The van der Waals surface area contributed by atoms with Crippen molar-refractivity contribution in [3.05, 3.63) is 74.8 Å². The third-order valence-corrected chi connectivity index (χ3v) is 5.30. The van der Waals surface area contributed by atoms with Crippen LogP contribution in [0.5, 0.6) is 0 Å². The fraction of sp³-hybridized carbons (Fsp3) is 0.318. The number of aryl methyl sites for hydroxylation is 1. The summed E-state index contributed by atoms with van der Waals surface area (Å²) in [6, 6.07) is 15.5. The van der Waals surface area contributed by atoms with Crippen LogP contribution < -0.4 is 10.9 Å². The van der Waals surface area contributed by atoms with Crippen molar-refractivity contribution in [2.75, 3.05) is 6.54 Å². The van der Waals surface area contributed by atoms with Crippen LogP contribution in [-0.4, -0.2) is 22.0 Å². The number of rotatable bonds is 6. The number of aromatic amines is 1. The molecule has 0 spiro atoms. The van der Waals surface area contributed by atoms with Crippen LogP contribution in [0.4, 0.5) is 0 Å². The molecular formula is C22H25N3O2S. The minimum absolute atomic E-state index is 0.102. The third kappa shape index (κ3) is 4.39. The standard InChI is InChI=1S/C22H25N3O2S/c1-15-7-6-8-16(13-15)22(2,3)14-23-19(26)11-12-25-20(27)17-9-4-5-10-18(17)24-21(25)28/h4-10,13H,11-12,14H2,1-3H3,(H,23,26)(H,24,28). The van der Waals surface area contributed by atoms with E-state index in [0.29, 0.717) is 22.2 Å². The third-order valence-electron chi connectivity index (χ3n) is 4.98. The molecule has 1 amide bonds. The zero-order chi connectivity index (χ0) is 20.3. The van der Waals surface area contributed by atoms with Crippen LogP contribution in [0.25, 0.3) is 10.9 Å². The Bertz CT molecular complexity index is 1130.